The Morgan fingerprint density at radius 1 is 1.17 bits per heavy atom. The van der Waals surface area contributed by atoms with Crippen LogP contribution in [0.3, 0.4) is 0 Å². The zero-order valence-electron chi connectivity index (χ0n) is 16.2. The number of carbonyl (C=O) groups excluding carboxylic acids is 2. The first kappa shape index (κ1) is 19.4. The molecule has 1 atom stereocenters. The maximum Gasteiger partial charge on any atom is 0.326 e. The lowest BCUT2D eigenvalue weighted by Crippen LogP contribution is -2.34. The number of hydrogen-bond donors (Lipinski definition) is 0. The molecule has 0 N–H and O–H groups in total. The van der Waals surface area contributed by atoms with Crippen LogP contribution in [-0.2, 0) is 14.3 Å². The minimum atomic E-state index is -0.581. The number of amides is 1. The minimum Gasteiger partial charge on any atom is -0.467 e. The highest BCUT2D eigenvalue weighted by molar-refractivity contribution is 6.01. The van der Waals surface area contributed by atoms with E-state index >= 15 is 0 Å². The summed E-state index contributed by atoms with van der Waals surface area (Å²) in [6, 6.07) is 8.27. The van der Waals surface area contributed by atoms with Gasteiger partial charge in [-0.2, -0.15) is 5.10 Å². The zero-order chi connectivity index (χ0) is 20.9. The molecule has 1 aliphatic heterocycles. The van der Waals surface area contributed by atoms with E-state index in [0.29, 0.717) is 29.6 Å². The molecule has 0 saturated carbocycles. The third-order valence-electron chi connectivity index (χ3n) is 4.46. The standard InChI is InChI=1S/C20H19N5O5/c1-24(20-21-7-4-8-22-20)12-19(27)30-13-18(26)25-15(17-6-3-10-29-17)11-14(23-25)16-5-2-9-28-16/h2-10,15H,11-13H2,1H3. The Hall–Kier alpha value is -3.95. The predicted molar refractivity (Wildman–Crippen MR) is 104 cm³/mol. The van der Waals surface area contributed by atoms with Crippen LogP contribution in [0.15, 0.2) is 69.2 Å². The Morgan fingerprint density at radius 2 is 1.93 bits per heavy atom. The van der Waals surface area contributed by atoms with E-state index < -0.39 is 24.5 Å². The van der Waals surface area contributed by atoms with E-state index in [2.05, 4.69) is 15.1 Å². The monoisotopic (exact) mass is 409 g/mol. The van der Waals surface area contributed by atoms with Gasteiger partial charge in [-0.25, -0.2) is 15.0 Å². The topological polar surface area (TPSA) is 114 Å². The van der Waals surface area contributed by atoms with Crippen molar-refractivity contribution in [2.45, 2.75) is 12.5 Å². The van der Waals surface area contributed by atoms with Gasteiger partial charge in [-0.1, -0.05) is 0 Å². The highest BCUT2D eigenvalue weighted by Gasteiger charge is 2.36. The molecule has 3 aromatic heterocycles. The summed E-state index contributed by atoms with van der Waals surface area (Å²) in [4.78, 5) is 34.5. The summed E-state index contributed by atoms with van der Waals surface area (Å²) in [6.07, 6.45) is 6.65. The van der Waals surface area contributed by atoms with Gasteiger partial charge in [0.05, 0.1) is 12.5 Å². The minimum absolute atomic E-state index is 0.0974. The molecule has 0 aliphatic carbocycles. The Balaban J connectivity index is 1.39. The van der Waals surface area contributed by atoms with Crippen molar-refractivity contribution in [1.29, 1.82) is 0 Å². The molecule has 4 rings (SSSR count). The van der Waals surface area contributed by atoms with Crippen LogP contribution < -0.4 is 4.90 Å². The van der Waals surface area contributed by atoms with Gasteiger partial charge in [0.2, 0.25) is 5.95 Å². The zero-order valence-corrected chi connectivity index (χ0v) is 16.2. The molecule has 1 aliphatic rings. The highest BCUT2D eigenvalue weighted by atomic mass is 16.5. The van der Waals surface area contributed by atoms with E-state index in [1.54, 1.807) is 56.0 Å². The number of furan rings is 2. The number of anilines is 1. The number of likely N-dealkylation sites (N-methyl/N-ethyl adjacent to an activating group) is 1. The third-order valence-corrected chi connectivity index (χ3v) is 4.46. The van der Waals surface area contributed by atoms with Gasteiger partial charge in [0.1, 0.15) is 29.8 Å². The van der Waals surface area contributed by atoms with Crippen LogP contribution in [0.25, 0.3) is 0 Å². The molecule has 1 unspecified atom stereocenters. The van der Waals surface area contributed by atoms with Gasteiger partial charge in [0, 0.05) is 25.9 Å². The number of aromatic nitrogens is 2. The molecule has 1 amide bonds. The van der Waals surface area contributed by atoms with Gasteiger partial charge in [-0.05, 0) is 30.3 Å². The Labute approximate surface area is 171 Å². The fourth-order valence-corrected chi connectivity index (χ4v) is 3.04. The van der Waals surface area contributed by atoms with Gasteiger partial charge < -0.3 is 18.5 Å². The molecule has 0 fully saturated rings. The molecule has 154 valence electrons. The number of rotatable bonds is 7. The van der Waals surface area contributed by atoms with E-state index in [0.717, 1.165) is 0 Å². The molecular formula is C20H19N5O5. The van der Waals surface area contributed by atoms with Crippen molar-refractivity contribution < 1.29 is 23.2 Å². The molecule has 0 radical (unpaired) electrons. The maximum absolute atomic E-state index is 12.8. The summed E-state index contributed by atoms with van der Waals surface area (Å²) in [5.74, 6) is 0.488. The van der Waals surface area contributed by atoms with Crippen molar-refractivity contribution in [3.63, 3.8) is 0 Å². The van der Waals surface area contributed by atoms with Crippen molar-refractivity contribution in [3.8, 4) is 0 Å². The highest BCUT2D eigenvalue weighted by Crippen LogP contribution is 2.33. The summed E-state index contributed by atoms with van der Waals surface area (Å²) >= 11 is 0. The lowest BCUT2D eigenvalue weighted by atomic mass is 10.1. The number of ether oxygens (including phenoxy) is 1. The van der Waals surface area contributed by atoms with Crippen LogP contribution in [-0.4, -0.2) is 52.8 Å². The molecule has 30 heavy (non-hydrogen) atoms. The molecule has 10 heteroatoms. The number of nitrogens with zero attached hydrogens (tertiary/aromatic N) is 5. The van der Waals surface area contributed by atoms with Gasteiger partial charge in [0.15, 0.2) is 6.61 Å². The Bertz CT molecular complexity index is 1020. The summed E-state index contributed by atoms with van der Waals surface area (Å²) in [5.41, 5.74) is 0.613. The molecule has 4 heterocycles. The van der Waals surface area contributed by atoms with Crippen LogP contribution in [0.1, 0.15) is 24.0 Å². The van der Waals surface area contributed by atoms with Crippen LogP contribution in [0.5, 0.6) is 0 Å². The SMILES string of the molecule is CN(CC(=O)OCC(=O)N1N=C(c2ccco2)CC1c1ccco1)c1ncccn1. The number of carbonyl (C=O) groups is 2. The summed E-state index contributed by atoms with van der Waals surface area (Å²) < 4.78 is 16.0. The van der Waals surface area contributed by atoms with Crippen molar-refractivity contribution in [1.82, 2.24) is 15.0 Å². The quantitative estimate of drug-likeness (QED) is 0.545. The summed E-state index contributed by atoms with van der Waals surface area (Å²) in [5, 5.41) is 5.65. The van der Waals surface area contributed by atoms with Crippen LogP contribution in [0.2, 0.25) is 0 Å². The number of esters is 1. The van der Waals surface area contributed by atoms with Crippen LogP contribution in [0.4, 0.5) is 5.95 Å². The average Bonchev–Trinajstić information content (AvgIpc) is 3.53. The molecule has 0 spiro atoms. The summed E-state index contributed by atoms with van der Waals surface area (Å²) in [6.45, 7) is -0.547. The predicted octanol–water partition coefficient (Wildman–Crippen LogP) is 2.02. The first-order valence-electron chi connectivity index (χ1n) is 9.22. The van der Waals surface area contributed by atoms with Crippen LogP contribution in [0, 0.1) is 0 Å². The van der Waals surface area contributed by atoms with Gasteiger partial charge >= 0.3 is 5.97 Å². The van der Waals surface area contributed by atoms with Crippen molar-refractivity contribution in [2.24, 2.45) is 5.10 Å². The molecule has 3 aromatic rings. The smallest absolute Gasteiger partial charge is 0.326 e. The first-order chi connectivity index (χ1) is 14.6. The molecular weight excluding hydrogens is 390 g/mol. The fourth-order valence-electron chi connectivity index (χ4n) is 3.04. The number of hydrogen-bond acceptors (Lipinski definition) is 9. The van der Waals surface area contributed by atoms with Gasteiger partial charge in [-0.3, -0.25) is 9.59 Å². The second-order valence-corrected chi connectivity index (χ2v) is 6.56. The third kappa shape index (κ3) is 4.22. The molecule has 10 nitrogen and oxygen atoms in total. The van der Waals surface area contributed by atoms with Gasteiger partial charge in [0.25, 0.3) is 5.91 Å². The second-order valence-electron chi connectivity index (χ2n) is 6.56. The number of hydrazone groups is 1. The largest absolute Gasteiger partial charge is 0.467 e. The van der Waals surface area contributed by atoms with Gasteiger partial charge in [-0.15, -0.1) is 0 Å². The average molecular weight is 409 g/mol. The van der Waals surface area contributed by atoms with Crippen molar-refractivity contribution in [2.75, 3.05) is 25.1 Å². The maximum atomic E-state index is 12.8. The van der Waals surface area contributed by atoms with E-state index in [1.807, 2.05) is 0 Å². The second kappa shape index (κ2) is 8.60. The van der Waals surface area contributed by atoms with E-state index in [9.17, 15) is 9.59 Å². The normalized spacial score (nSPS) is 15.7. The van der Waals surface area contributed by atoms with Crippen LogP contribution >= 0.6 is 0 Å². The Kier molecular flexibility index (Phi) is 5.55. The fraction of sp³-hybridized carbons (Fsp3) is 0.250. The van der Waals surface area contributed by atoms with Crippen molar-refractivity contribution in [3.05, 3.63) is 66.8 Å². The molecule has 0 bridgehead atoms. The molecule has 0 saturated heterocycles. The van der Waals surface area contributed by atoms with Crippen molar-refractivity contribution >= 4 is 23.5 Å². The molecule has 0 aromatic carbocycles. The summed E-state index contributed by atoms with van der Waals surface area (Å²) in [7, 11) is 1.66. The van der Waals surface area contributed by atoms with E-state index in [4.69, 9.17) is 13.6 Å². The van der Waals surface area contributed by atoms with E-state index in [1.165, 1.54) is 16.2 Å². The lowest BCUT2D eigenvalue weighted by Gasteiger charge is -2.20. The lowest BCUT2D eigenvalue weighted by molar-refractivity contribution is -0.151. The first-order valence-corrected chi connectivity index (χ1v) is 9.22. The Morgan fingerprint density at radius 3 is 2.63 bits per heavy atom. The van der Waals surface area contributed by atoms with E-state index in [-0.39, 0.29) is 6.54 Å².